The van der Waals surface area contributed by atoms with E-state index < -0.39 is 17.4 Å². The quantitative estimate of drug-likeness (QED) is 0.0368. The lowest BCUT2D eigenvalue weighted by Crippen LogP contribution is -2.42. The lowest BCUT2D eigenvalue weighted by atomic mass is 9.93. The van der Waals surface area contributed by atoms with E-state index in [9.17, 15) is 14.4 Å². The van der Waals surface area contributed by atoms with Gasteiger partial charge in [0.15, 0.2) is 18.9 Å². The molecule has 0 aliphatic rings. The van der Waals surface area contributed by atoms with Crippen LogP contribution in [-0.4, -0.2) is 75.9 Å². The Labute approximate surface area is 329 Å². The predicted molar refractivity (Wildman–Crippen MR) is 216 cm³/mol. The summed E-state index contributed by atoms with van der Waals surface area (Å²) >= 11 is 0. The normalized spacial score (nSPS) is 12.3. The third-order valence-corrected chi connectivity index (χ3v) is 9.47. The zero-order valence-corrected chi connectivity index (χ0v) is 35.2. The van der Waals surface area contributed by atoms with Crippen LogP contribution in [-0.2, 0) is 62.1 Å². The average Bonchev–Trinajstić information content (AvgIpc) is 3.18. The maximum absolute atomic E-state index is 12.9. The van der Waals surface area contributed by atoms with E-state index in [-0.39, 0.29) is 19.3 Å². The van der Waals surface area contributed by atoms with Gasteiger partial charge in [-0.1, -0.05) is 131 Å². The van der Waals surface area contributed by atoms with E-state index in [0.29, 0.717) is 50.8 Å². The summed E-state index contributed by atoms with van der Waals surface area (Å²) in [4.78, 5) is 38.8. The molecule has 0 aromatic heterocycles. The molecule has 9 heteroatoms. The summed E-state index contributed by atoms with van der Waals surface area (Å²) in [7, 11) is 0. The van der Waals surface area contributed by atoms with E-state index in [1.807, 2.05) is 12.1 Å². The van der Waals surface area contributed by atoms with Gasteiger partial charge >= 0.3 is 0 Å². The Balaban J connectivity index is 3.77. The number of benzene rings is 1. The molecule has 1 radical (unpaired) electrons. The second-order valence-electron chi connectivity index (χ2n) is 14.7. The maximum atomic E-state index is 12.9. The van der Waals surface area contributed by atoms with Crippen LogP contribution < -0.4 is 0 Å². The van der Waals surface area contributed by atoms with E-state index in [1.165, 1.54) is 0 Å². The Morgan fingerprint density at radius 3 is 0.870 bits per heavy atom. The van der Waals surface area contributed by atoms with Crippen molar-refractivity contribution in [1.82, 2.24) is 0 Å². The summed E-state index contributed by atoms with van der Waals surface area (Å²) in [5, 5.41) is 0. The highest BCUT2D eigenvalue weighted by atomic mass is 16.7. The molecule has 1 aromatic rings. The average molecular weight is 762 g/mol. The van der Waals surface area contributed by atoms with Crippen molar-refractivity contribution in [2.45, 2.75) is 194 Å². The molecule has 0 heterocycles. The van der Waals surface area contributed by atoms with E-state index in [2.05, 4.69) is 47.6 Å². The van der Waals surface area contributed by atoms with Crippen LogP contribution in [0.25, 0.3) is 0 Å². The van der Waals surface area contributed by atoms with Gasteiger partial charge in [-0.2, -0.15) is 0 Å². The third-order valence-electron chi connectivity index (χ3n) is 9.47. The molecule has 9 nitrogen and oxygen atoms in total. The Bertz CT molecular complexity index is 909. The zero-order chi connectivity index (χ0) is 39.8. The Morgan fingerprint density at radius 1 is 0.407 bits per heavy atom. The molecule has 1 rings (SSSR count). The van der Waals surface area contributed by atoms with Gasteiger partial charge in [0, 0.05) is 19.3 Å². The summed E-state index contributed by atoms with van der Waals surface area (Å²) in [5.74, 6) is -4.53. The van der Waals surface area contributed by atoms with Crippen molar-refractivity contribution in [3.8, 4) is 0 Å². The fourth-order valence-corrected chi connectivity index (χ4v) is 6.22. The van der Waals surface area contributed by atoms with Gasteiger partial charge in [-0.15, -0.1) is 0 Å². The first kappa shape index (κ1) is 50.0. The monoisotopic (exact) mass is 762 g/mol. The van der Waals surface area contributed by atoms with Gasteiger partial charge < -0.3 is 28.4 Å². The van der Waals surface area contributed by atoms with Gasteiger partial charge in [0.1, 0.15) is 0 Å². The molecule has 0 fully saturated rings. The summed E-state index contributed by atoms with van der Waals surface area (Å²) in [6, 6.07) is 7.32. The molecule has 0 amide bonds. The first-order valence-electron chi connectivity index (χ1n) is 21.5. The summed E-state index contributed by atoms with van der Waals surface area (Å²) in [6.07, 6.45) is 19.5. The second-order valence-corrected chi connectivity index (χ2v) is 14.7. The van der Waals surface area contributed by atoms with Crippen LogP contribution >= 0.6 is 0 Å². The van der Waals surface area contributed by atoms with Gasteiger partial charge in [-0.25, -0.2) is 0 Å². The van der Waals surface area contributed by atoms with Crippen molar-refractivity contribution < 1.29 is 42.8 Å². The van der Waals surface area contributed by atoms with E-state index in [0.717, 1.165) is 140 Å². The van der Waals surface area contributed by atoms with E-state index >= 15 is 0 Å². The van der Waals surface area contributed by atoms with Crippen molar-refractivity contribution in [3.63, 3.8) is 0 Å². The zero-order valence-electron chi connectivity index (χ0n) is 35.2. The smallest absolute Gasteiger partial charge is 0.229 e. The number of carbonyl (C=O) groups excluding carboxylic acids is 3. The Hall–Kier alpha value is -2.01. The van der Waals surface area contributed by atoms with Gasteiger partial charge in [-0.05, 0) is 61.3 Å². The number of aldehydes is 3. The second kappa shape index (κ2) is 31.1. The summed E-state index contributed by atoms with van der Waals surface area (Å²) < 4.78 is 37.7. The molecule has 1 aromatic carbocycles. The molecule has 311 valence electrons. The molecule has 0 N–H and O–H groups in total. The van der Waals surface area contributed by atoms with Crippen molar-refractivity contribution in [1.29, 1.82) is 0 Å². The fourth-order valence-electron chi connectivity index (χ4n) is 6.22. The highest BCUT2D eigenvalue weighted by Crippen LogP contribution is 2.28. The van der Waals surface area contributed by atoms with Crippen molar-refractivity contribution in [3.05, 3.63) is 34.9 Å². The van der Waals surface area contributed by atoms with E-state index in [4.69, 9.17) is 28.4 Å². The molecular weight excluding hydrogens is 684 g/mol. The highest BCUT2D eigenvalue weighted by molar-refractivity contribution is 5.63. The predicted octanol–water partition coefficient (Wildman–Crippen LogP) is 10.0. The van der Waals surface area contributed by atoms with E-state index in [1.54, 1.807) is 0 Å². The topological polar surface area (TPSA) is 107 Å². The first-order valence-corrected chi connectivity index (χ1v) is 21.5. The molecule has 0 aliphatic carbocycles. The lowest BCUT2D eigenvalue weighted by molar-refractivity contribution is -0.220. The number of unbranched alkanes of at least 4 members (excludes halogenated alkanes) is 12. The maximum Gasteiger partial charge on any atom is 0.229 e. The Kier molecular flexibility index (Phi) is 28.8. The summed E-state index contributed by atoms with van der Waals surface area (Å²) in [6.45, 7) is 15.0. The van der Waals surface area contributed by atoms with Crippen LogP contribution in [0.15, 0.2) is 12.1 Å². The van der Waals surface area contributed by atoms with Crippen LogP contribution in [0.2, 0.25) is 0 Å². The molecule has 54 heavy (non-hydrogen) atoms. The van der Waals surface area contributed by atoms with Crippen LogP contribution in [0.4, 0.5) is 0 Å². The fraction of sp³-hybridized carbons (Fsp3) is 0.800. The van der Waals surface area contributed by atoms with Crippen molar-refractivity contribution in [2.24, 2.45) is 0 Å². The van der Waals surface area contributed by atoms with Crippen LogP contribution in [0, 0.1) is 6.07 Å². The molecule has 0 bridgehead atoms. The number of hydrogen-bond donors (Lipinski definition) is 0. The van der Waals surface area contributed by atoms with Crippen LogP contribution in [0.5, 0.6) is 0 Å². The molecular formula is C45H77O9. The van der Waals surface area contributed by atoms with Gasteiger partial charge in [0.25, 0.3) is 0 Å². The number of ether oxygens (including phenoxy) is 6. The van der Waals surface area contributed by atoms with Gasteiger partial charge in [-0.3, -0.25) is 14.4 Å². The SMILES string of the molecule is CCCCCOC(C=O)(Cc1[c]c(CC(C=O)(OCCCCC)OCCCCC)cc(CC(C=O)(OCCCCC)OCCCCC)c1)OCCCCC. The first-order chi connectivity index (χ1) is 26.3. The Morgan fingerprint density at radius 2 is 0.648 bits per heavy atom. The summed E-state index contributed by atoms with van der Waals surface area (Å²) in [5.41, 5.74) is 2.04. The third kappa shape index (κ3) is 20.8. The molecule has 0 spiro atoms. The molecule has 0 saturated heterocycles. The van der Waals surface area contributed by atoms with Crippen molar-refractivity contribution >= 4 is 18.9 Å². The minimum atomic E-state index is -1.52. The largest absolute Gasteiger partial charge is 0.344 e. The number of carbonyl (C=O) groups is 3. The van der Waals surface area contributed by atoms with Gasteiger partial charge in [0.05, 0.1) is 39.6 Å². The lowest BCUT2D eigenvalue weighted by Gasteiger charge is -2.32. The molecule has 0 saturated carbocycles. The minimum absolute atomic E-state index is 0.0984. The minimum Gasteiger partial charge on any atom is -0.344 e. The molecule has 0 atom stereocenters. The number of hydrogen-bond acceptors (Lipinski definition) is 9. The highest BCUT2D eigenvalue weighted by Gasteiger charge is 2.37. The number of rotatable bonds is 39. The molecule has 0 aliphatic heterocycles. The standard InChI is InChI=1S/C45H77O9/c1-7-13-19-25-49-43(37-46,50-26-20-14-8-2)34-40-31-41(35-44(38-47,51-27-21-15-9-3)52-28-22-16-10-4)33-42(32-40)36-45(39-48,53-29-23-17-11-5)54-30-24-18-12-6/h31-32,37-39H,7-30,34-36H2,1-6H3. The van der Waals surface area contributed by atoms with Crippen molar-refractivity contribution in [2.75, 3.05) is 39.6 Å². The van der Waals surface area contributed by atoms with Gasteiger partial charge in [0.2, 0.25) is 17.4 Å². The van der Waals surface area contributed by atoms with Crippen LogP contribution in [0.1, 0.15) is 174 Å². The molecule has 0 unspecified atom stereocenters. The van der Waals surface area contributed by atoms with Crippen LogP contribution in [0.3, 0.4) is 0 Å².